The highest BCUT2D eigenvalue weighted by atomic mass is 16.6. The van der Waals surface area contributed by atoms with Gasteiger partial charge in [-0.3, -0.25) is 4.90 Å². The molecule has 0 saturated carbocycles. The summed E-state index contributed by atoms with van der Waals surface area (Å²) >= 11 is 0. The number of hydrogen-bond acceptors (Lipinski definition) is 19. The Labute approximate surface area is 284 Å². The molecule has 0 bridgehead atoms. The summed E-state index contributed by atoms with van der Waals surface area (Å²) in [5.74, 6) is 0. The van der Waals surface area contributed by atoms with Crippen LogP contribution in [0, 0.1) is 0 Å². The van der Waals surface area contributed by atoms with Crippen molar-refractivity contribution in [3.05, 3.63) is 0 Å². The van der Waals surface area contributed by atoms with Crippen molar-refractivity contribution in [3.63, 3.8) is 0 Å². The van der Waals surface area contributed by atoms with Gasteiger partial charge in [0.2, 0.25) is 0 Å². The molecule has 0 radical (unpaired) electrons. The smallest absolute Gasteiger partial charge is 0.184 e. The monoisotopic (exact) mass is 702 g/mol. The Morgan fingerprint density at radius 1 is 0.417 bits per heavy atom. The van der Waals surface area contributed by atoms with E-state index < -0.39 is 74.6 Å². The van der Waals surface area contributed by atoms with Crippen LogP contribution in [0.15, 0.2) is 0 Å². The Balaban J connectivity index is 0.000000390. The van der Waals surface area contributed by atoms with Crippen molar-refractivity contribution >= 4 is 0 Å². The van der Waals surface area contributed by atoms with Gasteiger partial charge in [-0.1, -0.05) is 7.43 Å². The SMILES string of the molecule is C.C1CNCCNCCNCCN1.OCC1OC(N2CCNCCNCCNCC2)C(O)[C@@H](O)[C@@H]1O.OCC1OC(O)C(O)[C@@H](O)[C@@H]1O. The third-order valence-electron chi connectivity index (χ3n) is 8.12. The van der Waals surface area contributed by atoms with Gasteiger partial charge in [-0.25, -0.2) is 0 Å². The van der Waals surface area contributed by atoms with Crippen molar-refractivity contribution in [2.45, 2.75) is 68.8 Å². The maximum Gasteiger partial charge on any atom is 0.184 e. The van der Waals surface area contributed by atoms with E-state index in [-0.39, 0.29) is 7.43 Å². The second-order valence-electron chi connectivity index (χ2n) is 11.7. The highest BCUT2D eigenvalue weighted by Gasteiger charge is 2.45. The van der Waals surface area contributed by atoms with Crippen molar-refractivity contribution < 1.29 is 55.4 Å². The molecular weight excluding hydrogens is 636 g/mol. The highest BCUT2D eigenvalue weighted by Crippen LogP contribution is 2.23. The number of hydrogen-bond donors (Lipinski definition) is 16. The molecule has 4 heterocycles. The fourth-order valence-corrected chi connectivity index (χ4v) is 5.21. The van der Waals surface area contributed by atoms with E-state index in [9.17, 15) is 20.4 Å². The predicted octanol–water partition coefficient (Wildman–Crippen LogP) is -8.36. The van der Waals surface area contributed by atoms with Crippen LogP contribution in [0.2, 0.25) is 0 Å². The van der Waals surface area contributed by atoms with Crippen LogP contribution in [0.3, 0.4) is 0 Å². The van der Waals surface area contributed by atoms with Crippen molar-refractivity contribution in [3.8, 4) is 0 Å². The van der Waals surface area contributed by atoms with Gasteiger partial charge in [0.1, 0.15) is 55.1 Å². The maximum absolute atomic E-state index is 10.3. The highest BCUT2D eigenvalue weighted by molar-refractivity contribution is 4.92. The molecule has 0 aliphatic carbocycles. The summed E-state index contributed by atoms with van der Waals surface area (Å²) in [4.78, 5) is 1.93. The average Bonchev–Trinajstić information content (AvgIpc) is 3.06. The fraction of sp³-hybridized carbons (Fsp3) is 1.00. The van der Waals surface area contributed by atoms with E-state index in [2.05, 4.69) is 42.0 Å². The first-order valence-corrected chi connectivity index (χ1v) is 16.7. The van der Waals surface area contributed by atoms with Crippen LogP contribution in [-0.4, -0.2) is 230 Å². The van der Waals surface area contributed by atoms with Crippen LogP contribution in [0.25, 0.3) is 0 Å². The molecule has 4 rings (SSSR count). The number of nitrogens with zero attached hydrogens (tertiary/aromatic N) is 1. The standard InChI is InChI=1S/C14H30N4O5.C8H20N4.C6H12O6.CH4/c19-9-10-11(20)12(21)13(22)14(23-10)18-7-5-16-3-1-15-2-4-17-6-8-18;1-2-10-5-6-12-8-7-11-4-3-9-1;7-1-2-3(8)4(9)5(10)6(11)12-2;/h10-17,19-22H,1-9H2;9-12H,1-8H2;2-11H,1H2;1H4/t10?,11-,12+,13?,14?;;2?,3-,4+,5?,6?;/m1.1./s1. The summed E-state index contributed by atoms with van der Waals surface area (Å²) in [6.45, 7) is 13.8. The normalized spacial score (nSPS) is 37.2. The Bertz CT molecular complexity index is 712. The van der Waals surface area contributed by atoms with Crippen molar-refractivity contribution in [1.29, 1.82) is 0 Å². The van der Waals surface area contributed by atoms with Gasteiger partial charge in [0.15, 0.2) is 6.29 Å². The van der Waals surface area contributed by atoms with Gasteiger partial charge >= 0.3 is 0 Å². The molecule has 0 aromatic carbocycles. The van der Waals surface area contributed by atoms with Gasteiger partial charge in [-0.15, -0.1) is 0 Å². The zero-order chi connectivity index (χ0) is 34.4. The number of ether oxygens (including phenoxy) is 2. The molecule has 0 aromatic rings. The fourth-order valence-electron chi connectivity index (χ4n) is 5.21. The lowest BCUT2D eigenvalue weighted by molar-refractivity contribution is -0.286. The maximum atomic E-state index is 10.3. The Kier molecular flexibility index (Phi) is 25.4. The van der Waals surface area contributed by atoms with E-state index >= 15 is 0 Å². The van der Waals surface area contributed by atoms with E-state index in [4.69, 9.17) is 30.3 Å². The van der Waals surface area contributed by atoms with Crippen molar-refractivity contribution in [2.75, 3.05) is 118 Å². The van der Waals surface area contributed by atoms with E-state index in [0.29, 0.717) is 13.1 Å². The summed E-state index contributed by atoms with van der Waals surface area (Å²) in [5.41, 5.74) is 0. The second-order valence-corrected chi connectivity index (χ2v) is 11.7. The zero-order valence-corrected chi connectivity index (χ0v) is 27.3. The molecule has 6 unspecified atom stereocenters. The number of aliphatic hydroxyl groups is 9. The van der Waals surface area contributed by atoms with Crippen LogP contribution in [0.1, 0.15) is 7.43 Å². The van der Waals surface area contributed by atoms with Crippen LogP contribution in [0.5, 0.6) is 0 Å². The van der Waals surface area contributed by atoms with Gasteiger partial charge in [0, 0.05) is 105 Å². The quantitative estimate of drug-likeness (QED) is 0.130. The molecule has 19 heteroatoms. The van der Waals surface area contributed by atoms with Gasteiger partial charge in [-0.05, 0) is 0 Å². The minimum absolute atomic E-state index is 0. The molecule has 4 saturated heterocycles. The molecule has 10 atom stereocenters. The van der Waals surface area contributed by atoms with Crippen LogP contribution >= 0.6 is 0 Å². The first kappa shape index (κ1) is 45.3. The molecule has 4 aliphatic heterocycles. The Morgan fingerprint density at radius 2 is 0.729 bits per heavy atom. The molecule has 0 aromatic heterocycles. The molecule has 0 spiro atoms. The number of nitrogens with one attached hydrogen (secondary N) is 7. The van der Waals surface area contributed by atoms with Crippen molar-refractivity contribution in [1.82, 2.24) is 42.1 Å². The zero-order valence-electron chi connectivity index (χ0n) is 27.3. The van der Waals surface area contributed by atoms with E-state index in [1.165, 1.54) is 0 Å². The average molecular weight is 703 g/mol. The van der Waals surface area contributed by atoms with E-state index in [1.54, 1.807) is 0 Å². The summed E-state index contributed by atoms with van der Waals surface area (Å²) in [6.07, 6.45) is -12.5. The molecule has 0 amide bonds. The molecular formula is C29H66N8O11. The van der Waals surface area contributed by atoms with Crippen LogP contribution < -0.4 is 37.2 Å². The molecule has 19 nitrogen and oxygen atoms in total. The molecule has 16 N–H and O–H groups in total. The largest absolute Gasteiger partial charge is 0.394 e. The number of aliphatic hydroxyl groups excluding tert-OH is 9. The third-order valence-corrected chi connectivity index (χ3v) is 8.12. The van der Waals surface area contributed by atoms with Gasteiger partial charge in [0.05, 0.1) is 13.2 Å². The molecule has 4 fully saturated rings. The van der Waals surface area contributed by atoms with Crippen LogP contribution in [0.4, 0.5) is 0 Å². The first-order chi connectivity index (χ1) is 22.7. The lowest BCUT2D eigenvalue weighted by Gasteiger charge is -2.44. The molecule has 4 aliphatic rings. The third kappa shape index (κ3) is 16.5. The van der Waals surface area contributed by atoms with E-state index in [1.807, 2.05) is 4.90 Å². The molecule has 288 valence electrons. The van der Waals surface area contributed by atoms with Gasteiger partial charge in [-0.2, -0.15) is 0 Å². The summed E-state index contributed by atoms with van der Waals surface area (Å²) in [6, 6.07) is 0. The van der Waals surface area contributed by atoms with Crippen molar-refractivity contribution in [2.24, 2.45) is 0 Å². The Morgan fingerprint density at radius 3 is 1.08 bits per heavy atom. The first-order valence-electron chi connectivity index (χ1n) is 16.7. The van der Waals surface area contributed by atoms with Crippen LogP contribution in [-0.2, 0) is 9.47 Å². The topological polar surface area (TPSA) is 288 Å². The summed E-state index contributed by atoms with van der Waals surface area (Å²) in [5, 5.41) is 107. The summed E-state index contributed by atoms with van der Waals surface area (Å²) < 4.78 is 10.2. The minimum atomic E-state index is -1.57. The minimum Gasteiger partial charge on any atom is -0.394 e. The van der Waals surface area contributed by atoms with E-state index in [0.717, 1.165) is 91.6 Å². The Hall–Kier alpha value is -0.760. The van der Waals surface area contributed by atoms with Gasteiger partial charge < -0.3 is 92.6 Å². The lowest BCUT2D eigenvalue weighted by atomic mass is 9.97. The number of rotatable bonds is 3. The van der Waals surface area contributed by atoms with Gasteiger partial charge in [0.25, 0.3) is 0 Å². The predicted molar refractivity (Wildman–Crippen MR) is 178 cm³/mol. The summed E-state index contributed by atoms with van der Waals surface area (Å²) in [7, 11) is 0. The second kappa shape index (κ2) is 27.0. The molecule has 48 heavy (non-hydrogen) atoms. The lowest BCUT2D eigenvalue weighted by Crippen LogP contribution is -2.64.